The molecule has 25 heavy (non-hydrogen) atoms. The maximum Gasteiger partial charge on any atom is 0.410 e. The van der Waals surface area contributed by atoms with Crippen molar-refractivity contribution in [3.8, 4) is 0 Å². The van der Waals surface area contributed by atoms with Gasteiger partial charge in [0.25, 0.3) is 5.92 Å². The van der Waals surface area contributed by atoms with Gasteiger partial charge in [0.2, 0.25) is 0 Å². The molecule has 0 aromatic heterocycles. The third-order valence-corrected chi connectivity index (χ3v) is 4.26. The lowest BCUT2D eigenvalue weighted by molar-refractivity contribution is -0.0753. The van der Waals surface area contributed by atoms with Crippen LogP contribution in [0.5, 0.6) is 0 Å². The van der Waals surface area contributed by atoms with Crippen molar-refractivity contribution >= 4 is 6.09 Å². The summed E-state index contributed by atoms with van der Waals surface area (Å²) >= 11 is 0. The molecule has 1 amide bonds. The molecule has 3 rings (SSSR count). The molecule has 1 fully saturated rings. The molecule has 132 valence electrons. The van der Waals surface area contributed by atoms with Crippen LogP contribution in [0.3, 0.4) is 0 Å². The third kappa shape index (κ3) is 4.32. The normalized spacial score (nSPS) is 19.5. The molecular weight excluding hydrogens is 331 g/mol. The van der Waals surface area contributed by atoms with Gasteiger partial charge in [-0.3, -0.25) is 0 Å². The summed E-state index contributed by atoms with van der Waals surface area (Å²) in [5.41, 5.74) is 1.15. The second kappa shape index (κ2) is 7.17. The van der Waals surface area contributed by atoms with Crippen molar-refractivity contribution in [2.45, 2.75) is 31.4 Å². The van der Waals surface area contributed by atoms with E-state index >= 15 is 0 Å². The highest BCUT2D eigenvalue weighted by molar-refractivity contribution is 5.68. The topological polar surface area (TPSA) is 29.5 Å². The average Bonchev–Trinajstić information content (AvgIpc) is 2.60. The van der Waals surface area contributed by atoms with E-state index in [1.165, 1.54) is 23.1 Å². The fourth-order valence-electron chi connectivity index (χ4n) is 2.97. The minimum Gasteiger partial charge on any atom is -0.445 e. The van der Waals surface area contributed by atoms with Gasteiger partial charge in [-0.05, 0) is 23.3 Å². The number of benzene rings is 2. The lowest BCUT2D eigenvalue weighted by Gasteiger charge is -2.38. The van der Waals surface area contributed by atoms with E-state index in [1.807, 2.05) is 30.3 Å². The summed E-state index contributed by atoms with van der Waals surface area (Å²) < 4.78 is 46.5. The number of alkyl halides is 2. The highest BCUT2D eigenvalue weighted by atomic mass is 19.3. The monoisotopic (exact) mass is 349 g/mol. The zero-order chi connectivity index (χ0) is 17.9. The Balaban J connectivity index is 1.76. The van der Waals surface area contributed by atoms with E-state index in [-0.39, 0.29) is 13.2 Å². The number of ether oxygens (including phenoxy) is 1. The molecule has 3 nitrogen and oxygen atoms in total. The molecule has 2 aromatic rings. The number of hydrogen-bond donors (Lipinski definition) is 0. The van der Waals surface area contributed by atoms with Crippen LogP contribution in [-0.4, -0.2) is 23.5 Å². The predicted octanol–water partition coefficient (Wildman–Crippen LogP) is 4.93. The Bertz CT molecular complexity index is 736. The van der Waals surface area contributed by atoms with Crippen LogP contribution < -0.4 is 0 Å². The molecular formula is C19H18F3NO2. The summed E-state index contributed by atoms with van der Waals surface area (Å²) in [6.45, 7) is -0.0791. The molecule has 0 aliphatic carbocycles. The van der Waals surface area contributed by atoms with Crippen molar-refractivity contribution in [3.05, 3.63) is 71.5 Å². The van der Waals surface area contributed by atoms with E-state index in [9.17, 15) is 18.0 Å². The lowest BCUT2D eigenvalue weighted by Crippen LogP contribution is -2.45. The summed E-state index contributed by atoms with van der Waals surface area (Å²) in [5.74, 6) is -3.42. The highest BCUT2D eigenvalue weighted by Crippen LogP contribution is 2.40. The largest absolute Gasteiger partial charge is 0.445 e. The molecule has 1 atom stereocenters. The molecule has 1 unspecified atom stereocenters. The Morgan fingerprint density at radius 1 is 1.16 bits per heavy atom. The number of carbonyl (C=O) groups is 1. The first kappa shape index (κ1) is 17.3. The van der Waals surface area contributed by atoms with Gasteiger partial charge in [-0.2, -0.15) is 0 Å². The van der Waals surface area contributed by atoms with Crippen LogP contribution in [0, 0.1) is 5.82 Å². The minimum absolute atomic E-state index is 0.0580. The van der Waals surface area contributed by atoms with Crippen molar-refractivity contribution in [1.82, 2.24) is 4.90 Å². The molecule has 1 aliphatic rings. The number of halogens is 3. The van der Waals surface area contributed by atoms with Crippen LogP contribution in [-0.2, 0) is 11.3 Å². The van der Waals surface area contributed by atoms with E-state index in [0.29, 0.717) is 5.56 Å². The van der Waals surface area contributed by atoms with Gasteiger partial charge in [0.1, 0.15) is 12.4 Å². The second-order valence-corrected chi connectivity index (χ2v) is 6.11. The van der Waals surface area contributed by atoms with Crippen LogP contribution in [0.2, 0.25) is 0 Å². The molecule has 0 bridgehead atoms. The first-order valence-electron chi connectivity index (χ1n) is 8.05. The Morgan fingerprint density at radius 3 is 2.64 bits per heavy atom. The first-order valence-corrected chi connectivity index (χ1v) is 8.05. The summed E-state index contributed by atoms with van der Waals surface area (Å²) in [4.78, 5) is 13.7. The van der Waals surface area contributed by atoms with Crippen LogP contribution in [0.25, 0.3) is 0 Å². The van der Waals surface area contributed by atoms with Crippen molar-refractivity contribution in [3.63, 3.8) is 0 Å². The zero-order valence-corrected chi connectivity index (χ0v) is 13.5. The molecule has 2 aromatic carbocycles. The Hall–Kier alpha value is -2.50. The van der Waals surface area contributed by atoms with Gasteiger partial charge in [0.05, 0.1) is 6.04 Å². The lowest BCUT2D eigenvalue weighted by atomic mass is 9.93. The number of likely N-dealkylation sites (tertiary alicyclic amines) is 1. The molecule has 0 N–H and O–H groups in total. The maximum atomic E-state index is 13.9. The summed E-state index contributed by atoms with van der Waals surface area (Å²) in [7, 11) is 0. The van der Waals surface area contributed by atoms with E-state index in [4.69, 9.17) is 4.74 Å². The fraction of sp³-hybridized carbons (Fsp3) is 0.316. The van der Waals surface area contributed by atoms with Gasteiger partial charge in [-0.25, -0.2) is 18.0 Å². The Morgan fingerprint density at radius 2 is 1.92 bits per heavy atom. The Labute approximate surface area is 144 Å². The van der Waals surface area contributed by atoms with Gasteiger partial charge in [-0.15, -0.1) is 0 Å². The number of rotatable bonds is 3. The van der Waals surface area contributed by atoms with Crippen molar-refractivity contribution in [1.29, 1.82) is 0 Å². The second-order valence-electron chi connectivity index (χ2n) is 6.11. The quantitative estimate of drug-likeness (QED) is 0.786. The minimum atomic E-state index is -2.90. The van der Waals surface area contributed by atoms with E-state index in [2.05, 4.69) is 0 Å². The van der Waals surface area contributed by atoms with Gasteiger partial charge in [-0.1, -0.05) is 42.5 Å². The first-order chi connectivity index (χ1) is 11.9. The summed E-state index contributed by atoms with van der Waals surface area (Å²) in [5, 5.41) is 0. The summed E-state index contributed by atoms with van der Waals surface area (Å²) in [6.07, 6.45) is -1.65. The number of amides is 1. The van der Waals surface area contributed by atoms with Crippen molar-refractivity contribution in [2.75, 3.05) is 6.54 Å². The van der Waals surface area contributed by atoms with E-state index in [1.54, 1.807) is 6.07 Å². The number of piperidine rings is 1. The smallest absolute Gasteiger partial charge is 0.410 e. The van der Waals surface area contributed by atoms with Crippen molar-refractivity contribution < 1.29 is 22.7 Å². The molecule has 1 saturated heterocycles. The molecule has 1 heterocycles. The van der Waals surface area contributed by atoms with Gasteiger partial charge < -0.3 is 9.64 Å². The predicted molar refractivity (Wildman–Crippen MR) is 86.7 cm³/mol. The fourth-order valence-corrected chi connectivity index (χ4v) is 2.97. The standard InChI is InChI=1S/C19H18F3NO2/c20-16-8-4-7-15(11-16)17-12-19(21,22)9-10-23(17)18(24)25-13-14-5-2-1-3-6-14/h1-8,11,17H,9-10,12-13H2. The number of nitrogens with zero attached hydrogens (tertiary/aromatic N) is 1. The maximum absolute atomic E-state index is 13.9. The van der Waals surface area contributed by atoms with Crippen LogP contribution in [0.15, 0.2) is 54.6 Å². The van der Waals surface area contributed by atoms with E-state index < -0.39 is 36.7 Å². The average molecular weight is 349 g/mol. The number of hydrogen-bond acceptors (Lipinski definition) is 2. The highest BCUT2D eigenvalue weighted by Gasteiger charge is 2.43. The van der Waals surface area contributed by atoms with Crippen LogP contribution in [0.1, 0.15) is 30.0 Å². The SMILES string of the molecule is O=C(OCc1ccccc1)N1CCC(F)(F)CC1c1cccc(F)c1. The molecule has 0 radical (unpaired) electrons. The molecule has 0 spiro atoms. The van der Waals surface area contributed by atoms with Gasteiger partial charge >= 0.3 is 6.09 Å². The van der Waals surface area contributed by atoms with Crippen molar-refractivity contribution in [2.24, 2.45) is 0 Å². The summed E-state index contributed by atoms with van der Waals surface area (Å²) in [6, 6.07) is 13.6. The van der Waals surface area contributed by atoms with E-state index in [0.717, 1.165) is 5.56 Å². The van der Waals surface area contributed by atoms with Gasteiger partial charge in [0, 0.05) is 19.4 Å². The molecule has 6 heteroatoms. The molecule has 1 aliphatic heterocycles. The van der Waals surface area contributed by atoms with Crippen LogP contribution >= 0.6 is 0 Å². The molecule has 0 saturated carbocycles. The zero-order valence-electron chi connectivity index (χ0n) is 13.5. The third-order valence-electron chi connectivity index (χ3n) is 4.26. The number of carbonyl (C=O) groups excluding carboxylic acids is 1. The van der Waals surface area contributed by atoms with Gasteiger partial charge in [0.15, 0.2) is 0 Å². The Kier molecular flexibility index (Phi) is 4.97. The van der Waals surface area contributed by atoms with Crippen LogP contribution in [0.4, 0.5) is 18.0 Å².